The van der Waals surface area contributed by atoms with Gasteiger partial charge in [0.2, 0.25) is 5.91 Å². The van der Waals surface area contributed by atoms with Crippen LogP contribution in [0.1, 0.15) is 18.4 Å². The first-order valence-corrected chi connectivity index (χ1v) is 6.28. The van der Waals surface area contributed by atoms with E-state index in [9.17, 15) is 4.79 Å². The molecule has 0 saturated heterocycles. The Kier molecular flexibility index (Phi) is 4.48. The topological polar surface area (TPSA) is 91.0 Å². The summed E-state index contributed by atoms with van der Waals surface area (Å²) in [7, 11) is 0. The number of amides is 1. The van der Waals surface area contributed by atoms with Crippen LogP contribution in [-0.2, 0) is 4.79 Å². The highest BCUT2D eigenvalue weighted by Crippen LogP contribution is 2.27. The summed E-state index contributed by atoms with van der Waals surface area (Å²) in [5.41, 5.74) is 10.4. The van der Waals surface area contributed by atoms with Crippen LogP contribution < -0.4 is 16.1 Å². The third kappa shape index (κ3) is 2.91. The quantitative estimate of drug-likeness (QED) is 0.515. The third-order valence-corrected chi connectivity index (χ3v) is 3.00. The van der Waals surface area contributed by atoms with E-state index in [0.717, 1.165) is 17.7 Å². The Morgan fingerprint density at radius 1 is 1.42 bits per heavy atom. The molecule has 0 unspecified atom stereocenters. The summed E-state index contributed by atoms with van der Waals surface area (Å²) in [5.74, 6) is 0.00522. The van der Waals surface area contributed by atoms with Crippen LogP contribution in [0.25, 0.3) is 0 Å². The van der Waals surface area contributed by atoms with E-state index in [4.69, 9.17) is 10.8 Å². The second-order valence-electron chi connectivity index (χ2n) is 4.26. The van der Waals surface area contributed by atoms with Crippen molar-refractivity contribution in [3.05, 3.63) is 29.8 Å². The van der Waals surface area contributed by atoms with Crippen molar-refractivity contribution in [1.29, 1.82) is 0 Å². The molecule has 19 heavy (non-hydrogen) atoms. The molecule has 2 rings (SSSR count). The van der Waals surface area contributed by atoms with Gasteiger partial charge in [-0.2, -0.15) is 5.10 Å². The van der Waals surface area contributed by atoms with Crippen LogP contribution in [0.3, 0.4) is 0 Å². The maximum Gasteiger partial charge on any atom is 0.233 e. The highest BCUT2D eigenvalue weighted by molar-refractivity contribution is 6.21. The van der Waals surface area contributed by atoms with E-state index in [1.54, 1.807) is 4.90 Å². The van der Waals surface area contributed by atoms with Crippen molar-refractivity contribution in [2.24, 2.45) is 10.8 Å². The molecule has 0 atom stereocenters. The van der Waals surface area contributed by atoms with Crippen molar-refractivity contribution in [2.45, 2.75) is 12.8 Å². The summed E-state index contributed by atoms with van der Waals surface area (Å²) in [5, 5.41) is 12.8. The van der Waals surface area contributed by atoms with Gasteiger partial charge < -0.3 is 15.7 Å². The second-order valence-corrected chi connectivity index (χ2v) is 4.26. The summed E-state index contributed by atoms with van der Waals surface area (Å²) in [6, 6.07) is 7.63. The maximum absolute atomic E-state index is 12.2. The molecule has 102 valence electrons. The molecule has 0 aromatic heterocycles. The van der Waals surface area contributed by atoms with Crippen LogP contribution in [0.2, 0.25) is 0 Å². The number of benzene rings is 1. The monoisotopic (exact) mass is 262 g/mol. The van der Waals surface area contributed by atoms with Gasteiger partial charge in [-0.3, -0.25) is 10.2 Å². The predicted molar refractivity (Wildman–Crippen MR) is 73.8 cm³/mol. The number of carbonyl (C=O) groups is 1. The number of para-hydroxylation sites is 1. The number of hydrazone groups is 1. The van der Waals surface area contributed by atoms with Crippen molar-refractivity contribution in [3.63, 3.8) is 0 Å². The first-order valence-electron chi connectivity index (χ1n) is 6.28. The Morgan fingerprint density at radius 3 is 2.95 bits per heavy atom. The fraction of sp³-hybridized carbons (Fsp3) is 0.385. The lowest BCUT2D eigenvalue weighted by atomic mass is 9.99. The molecule has 6 nitrogen and oxygen atoms in total. The molecule has 1 aromatic rings. The molecule has 0 bridgehead atoms. The predicted octanol–water partition coefficient (Wildman–Crippen LogP) is 0.0156. The first-order chi connectivity index (χ1) is 9.27. The van der Waals surface area contributed by atoms with Gasteiger partial charge >= 0.3 is 0 Å². The van der Waals surface area contributed by atoms with Crippen molar-refractivity contribution in [1.82, 2.24) is 5.43 Å². The van der Waals surface area contributed by atoms with Crippen molar-refractivity contribution in [3.8, 4) is 0 Å². The zero-order valence-electron chi connectivity index (χ0n) is 10.7. The van der Waals surface area contributed by atoms with E-state index >= 15 is 0 Å². The highest BCUT2D eigenvalue weighted by atomic mass is 16.3. The third-order valence-electron chi connectivity index (χ3n) is 3.00. The van der Waals surface area contributed by atoms with E-state index < -0.39 is 0 Å². The van der Waals surface area contributed by atoms with E-state index in [2.05, 4.69) is 10.5 Å². The average molecular weight is 262 g/mol. The number of fused-ring (bicyclic) bond motifs is 1. The van der Waals surface area contributed by atoms with Gasteiger partial charge in [0.1, 0.15) is 6.73 Å². The molecule has 1 heterocycles. The summed E-state index contributed by atoms with van der Waals surface area (Å²) in [6.07, 6.45) is 0.996. The molecule has 1 aliphatic rings. The fourth-order valence-corrected chi connectivity index (χ4v) is 2.15. The van der Waals surface area contributed by atoms with Gasteiger partial charge in [-0.25, -0.2) is 0 Å². The lowest BCUT2D eigenvalue weighted by molar-refractivity contribution is -0.117. The molecule has 0 fully saturated rings. The van der Waals surface area contributed by atoms with Crippen molar-refractivity contribution in [2.75, 3.05) is 24.7 Å². The van der Waals surface area contributed by atoms with Gasteiger partial charge in [-0.05, 0) is 19.0 Å². The Balaban J connectivity index is 2.34. The molecule has 0 spiro atoms. The smallest absolute Gasteiger partial charge is 0.233 e. The summed E-state index contributed by atoms with van der Waals surface area (Å²) in [4.78, 5) is 13.9. The van der Waals surface area contributed by atoms with E-state index in [-0.39, 0.29) is 19.1 Å². The minimum atomic E-state index is -0.253. The molecule has 0 saturated carbocycles. The molecule has 4 N–H and O–H groups in total. The number of rotatable bonds is 5. The first kappa shape index (κ1) is 13.5. The minimum absolute atomic E-state index is 0.00522. The average Bonchev–Trinajstić information content (AvgIpc) is 2.44. The van der Waals surface area contributed by atoms with Gasteiger partial charge in [-0.15, -0.1) is 0 Å². The van der Waals surface area contributed by atoms with Gasteiger partial charge in [0.05, 0.1) is 17.8 Å². The van der Waals surface area contributed by atoms with Crippen LogP contribution in [0.5, 0.6) is 0 Å². The zero-order chi connectivity index (χ0) is 13.7. The minimum Gasteiger partial charge on any atom is -0.375 e. The van der Waals surface area contributed by atoms with Crippen molar-refractivity contribution >= 4 is 17.3 Å². The van der Waals surface area contributed by atoms with E-state index in [1.807, 2.05) is 24.3 Å². The molecule has 0 radical (unpaired) electrons. The number of nitrogens with two attached hydrogens (primary N) is 1. The number of hydrogen-bond donors (Lipinski definition) is 3. The molecular weight excluding hydrogens is 244 g/mol. The normalized spacial score (nSPS) is 16.6. The number of nitrogens with one attached hydrogen (secondary N) is 1. The van der Waals surface area contributed by atoms with Gasteiger partial charge in [0, 0.05) is 12.1 Å². The van der Waals surface area contributed by atoms with E-state index in [1.165, 1.54) is 0 Å². The number of aliphatic hydroxyl groups is 1. The van der Waals surface area contributed by atoms with Crippen molar-refractivity contribution < 1.29 is 9.90 Å². The summed E-state index contributed by atoms with van der Waals surface area (Å²) < 4.78 is 0. The summed E-state index contributed by atoms with van der Waals surface area (Å²) >= 11 is 0. The van der Waals surface area contributed by atoms with Crippen LogP contribution >= 0.6 is 0 Å². The van der Waals surface area contributed by atoms with Crippen LogP contribution in [-0.4, -0.2) is 36.5 Å². The van der Waals surface area contributed by atoms with Crippen LogP contribution in [0, 0.1) is 0 Å². The largest absolute Gasteiger partial charge is 0.375 e. The van der Waals surface area contributed by atoms with Gasteiger partial charge in [-0.1, -0.05) is 18.2 Å². The van der Waals surface area contributed by atoms with Crippen LogP contribution in [0.4, 0.5) is 5.69 Å². The second kappa shape index (κ2) is 6.31. The molecule has 1 aromatic carbocycles. The van der Waals surface area contributed by atoms with Gasteiger partial charge in [0.25, 0.3) is 0 Å². The number of carbonyl (C=O) groups excluding carboxylic acids is 1. The Hall–Kier alpha value is -1.92. The molecule has 6 heteroatoms. The lowest BCUT2D eigenvalue weighted by Gasteiger charge is -2.30. The number of aliphatic hydroxyl groups excluding tert-OH is 1. The summed E-state index contributed by atoms with van der Waals surface area (Å²) in [6.45, 7) is 0.919. The zero-order valence-corrected chi connectivity index (χ0v) is 10.7. The number of nitrogens with zero attached hydrogens (tertiary/aromatic N) is 2. The Morgan fingerprint density at radius 2 is 2.21 bits per heavy atom. The van der Waals surface area contributed by atoms with E-state index in [0.29, 0.717) is 18.8 Å². The number of hydrogen-bond acceptors (Lipinski definition) is 5. The Bertz CT molecular complexity index is 487. The standard InChI is InChI=1S/C13H18N4O2/c14-6-3-7-17-12-5-2-1-4-10(12)11(8-13(17)19)16-15-9-18/h1-2,4-5,15,18H,3,6-9,14H2/b16-11+. The number of anilines is 1. The maximum atomic E-state index is 12.2. The van der Waals surface area contributed by atoms with Gasteiger partial charge in [0.15, 0.2) is 0 Å². The van der Waals surface area contributed by atoms with Crippen LogP contribution in [0.15, 0.2) is 29.4 Å². The SMILES string of the molecule is NCCCN1C(=O)C/C(=N\NCO)c2ccccc21. The molecule has 1 amide bonds. The fourth-order valence-electron chi connectivity index (χ4n) is 2.15. The molecular formula is C13H18N4O2. The highest BCUT2D eigenvalue weighted by Gasteiger charge is 2.27. The molecule has 1 aliphatic heterocycles. The molecule has 0 aliphatic carbocycles. The lowest BCUT2D eigenvalue weighted by Crippen LogP contribution is -2.39. The Labute approximate surface area is 111 Å².